The molecule has 0 unspecified atom stereocenters. The van der Waals surface area contributed by atoms with Crippen LogP contribution in [-0.4, -0.2) is 12.2 Å². The maximum absolute atomic E-state index is 5.93. The molecule has 1 heterocycles. The highest BCUT2D eigenvalue weighted by molar-refractivity contribution is 5.42. The van der Waals surface area contributed by atoms with Crippen molar-refractivity contribution in [1.82, 2.24) is 0 Å². The van der Waals surface area contributed by atoms with Gasteiger partial charge in [0.2, 0.25) is 0 Å². The molecule has 1 nitrogen and oxygen atoms in total. The van der Waals surface area contributed by atoms with E-state index in [0.29, 0.717) is 5.41 Å². The van der Waals surface area contributed by atoms with Crippen LogP contribution in [0.1, 0.15) is 54.4 Å². The minimum atomic E-state index is 0.250. The van der Waals surface area contributed by atoms with Crippen LogP contribution < -0.4 is 0 Å². The van der Waals surface area contributed by atoms with Crippen molar-refractivity contribution in [2.24, 2.45) is 5.92 Å². The first-order valence-electron chi connectivity index (χ1n) is 9.97. The number of rotatable bonds is 2. The average Bonchev–Trinajstić information content (AvgIpc) is 3.39. The van der Waals surface area contributed by atoms with Gasteiger partial charge in [-0.3, -0.25) is 0 Å². The third-order valence-corrected chi connectivity index (χ3v) is 7.14. The molecular formula is C24H28O. The van der Waals surface area contributed by atoms with Crippen LogP contribution in [0.25, 0.3) is 0 Å². The van der Waals surface area contributed by atoms with Crippen molar-refractivity contribution in [3.8, 4) is 0 Å². The van der Waals surface area contributed by atoms with Gasteiger partial charge in [0, 0.05) is 5.41 Å². The lowest BCUT2D eigenvalue weighted by molar-refractivity contribution is 0.0996. The minimum absolute atomic E-state index is 0.250. The summed E-state index contributed by atoms with van der Waals surface area (Å²) in [6.07, 6.45) is 8.90. The van der Waals surface area contributed by atoms with Gasteiger partial charge in [0.25, 0.3) is 0 Å². The third-order valence-electron chi connectivity index (χ3n) is 7.14. The molecule has 25 heavy (non-hydrogen) atoms. The van der Waals surface area contributed by atoms with Gasteiger partial charge in [-0.15, -0.1) is 0 Å². The summed E-state index contributed by atoms with van der Waals surface area (Å²) in [5.74, 6) is 0.757. The van der Waals surface area contributed by atoms with Crippen molar-refractivity contribution in [1.29, 1.82) is 0 Å². The van der Waals surface area contributed by atoms with Crippen molar-refractivity contribution in [2.75, 3.05) is 6.61 Å². The lowest BCUT2D eigenvalue weighted by Gasteiger charge is -2.47. The summed E-state index contributed by atoms with van der Waals surface area (Å²) >= 11 is 0. The Labute approximate surface area is 151 Å². The Kier molecular flexibility index (Phi) is 3.57. The van der Waals surface area contributed by atoms with Gasteiger partial charge < -0.3 is 4.74 Å². The van der Waals surface area contributed by atoms with E-state index in [-0.39, 0.29) is 5.60 Å². The molecular weight excluding hydrogens is 304 g/mol. The molecule has 1 heteroatoms. The molecule has 2 aliphatic carbocycles. The van der Waals surface area contributed by atoms with Crippen LogP contribution >= 0.6 is 0 Å². The summed E-state index contributed by atoms with van der Waals surface area (Å²) in [6.45, 7) is 3.24. The normalized spacial score (nSPS) is 33.4. The number of hydrogen-bond donors (Lipinski definition) is 0. The molecule has 3 atom stereocenters. The summed E-state index contributed by atoms with van der Waals surface area (Å²) in [4.78, 5) is 0. The standard InChI is InChI=1S/C24H28O/c1-18-10-11-22-20(14-18)8-5-9-21-16-23(17-25-23)12-13-24(21,22)15-19-6-3-2-4-7-19/h2-4,6-7,10-11,14,21H,5,8-9,12-13,15-17H2,1H3/t21-,23+,24-/m0/s1. The van der Waals surface area contributed by atoms with Gasteiger partial charge in [0.1, 0.15) is 0 Å². The van der Waals surface area contributed by atoms with Crippen LogP contribution in [0.3, 0.4) is 0 Å². The fourth-order valence-electron chi connectivity index (χ4n) is 5.74. The molecule has 2 aromatic rings. The lowest BCUT2D eigenvalue weighted by atomic mass is 9.57. The fourth-order valence-corrected chi connectivity index (χ4v) is 5.74. The van der Waals surface area contributed by atoms with Crippen LogP contribution in [-0.2, 0) is 23.0 Å². The van der Waals surface area contributed by atoms with Crippen LogP contribution in [0, 0.1) is 12.8 Å². The second kappa shape index (κ2) is 5.71. The predicted octanol–water partition coefficient (Wildman–Crippen LogP) is 5.38. The first kappa shape index (κ1) is 15.6. The Balaban J connectivity index is 1.62. The predicted molar refractivity (Wildman–Crippen MR) is 102 cm³/mol. The highest BCUT2D eigenvalue weighted by Crippen LogP contribution is 2.57. The molecule has 3 aliphatic rings. The van der Waals surface area contributed by atoms with Crippen LogP contribution in [0.15, 0.2) is 48.5 Å². The minimum Gasteiger partial charge on any atom is -0.370 e. The summed E-state index contributed by atoms with van der Waals surface area (Å²) in [5, 5.41) is 0. The van der Waals surface area contributed by atoms with Crippen molar-refractivity contribution in [3.05, 3.63) is 70.8 Å². The summed E-state index contributed by atoms with van der Waals surface area (Å²) in [7, 11) is 0. The second-order valence-corrected chi connectivity index (χ2v) is 8.74. The van der Waals surface area contributed by atoms with E-state index in [1.165, 1.54) is 56.1 Å². The first-order chi connectivity index (χ1) is 12.2. The molecule has 0 bridgehead atoms. The van der Waals surface area contributed by atoms with Gasteiger partial charge in [-0.25, -0.2) is 0 Å². The average molecular weight is 332 g/mol. The highest BCUT2D eigenvalue weighted by atomic mass is 16.6. The molecule has 1 spiro atoms. The molecule has 5 rings (SSSR count). The van der Waals surface area contributed by atoms with E-state index in [1.54, 1.807) is 11.1 Å². The molecule has 1 saturated heterocycles. The molecule has 0 N–H and O–H groups in total. The first-order valence-corrected chi connectivity index (χ1v) is 9.97. The Morgan fingerprint density at radius 1 is 1.08 bits per heavy atom. The van der Waals surface area contributed by atoms with Crippen molar-refractivity contribution < 1.29 is 4.74 Å². The molecule has 2 fully saturated rings. The van der Waals surface area contributed by atoms with Gasteiger partial charge in [-0.1, -0.05) is 54.1 Å². The van der Waals surface area contributed by atoms with Crippen molar-refractivity contribution in [2.45, 2.75) is 62.9 Å². The van der Waals surface area contributed by atoms with E-state index in [1.807, 2.05) is 0 Å². The summed E-state index contributed by atoms with van der Waals surface area (Å²) < 4.78 is 5.93. The van der Waals surface area contributed by atoms with E-state index in [4.69, 9.17) is 4.74 Å². The van der Waals surface area contributed by atoms with Crippen LogP contribution in [0.2, 0.25) is 0 Å². The van der Waals surface area contributed by atoms with Gasteiger partial charge in [0.05, 0.1) is 12.2 Å². The lowest BCUT2D eigenvalue weighted by Crippen LogP contribution is -2.45. The third kappa shape index (κ3) is 2.64. The maximum Gasteiger partial charge on any atom is 0.0919 e. The Morgan fingerprint density at radius 3 is 2.72 bits per heavy atom. The summed E-state index contributed by atoms with van der Waals surface area (Å²) in [6, 6.07) is 18.4. The van der Waals surface area contributed by atoms with E-state index >= 15 is 0 Å². The quantitative estimate of drug-likeness (QED) is 0.673. The van der Waals surface area contributed by atoms with E-state index in [9.17, 15) is 0 Å². The summed E-state index contributed by atoms with van der Waals surface area (Å²) in [5.41, 5.74) is 6.72. The number of epoxide rings is 1. The van der Waals surface area contributed by atoms with E-state index < -0.39 is 0 Å². The number of fused-ring (bicyclic) bond motifs is 3. The molecule has 1 aliphatic heterocycles. The second-order valence-electron chi connectivity index (χ2n) is 8.74. The van der Waals surface area contributed by atoms with Gasteiger partial charge in [-0.05, 0) is 74.5 Å². The highest BCUT2D eigenvalue weighted by Gasteiger charge is 2.56. The Hall–Kier alpha value is -1.60. The van der Waals surface area contributed by atoms with Gasteiger partial charge >= 0.3 is 0 Å². The van der Waals surface area contributed by atoms with Gasteiger partial charge in [0.15, 0.2) is 0 Å². The number of hydrogen-bond acceptors (Lipinski definition) is 1. The molecule has 0 aromatic heterocycles. The molecule has 130 valence electrons. The van der Waals surface area contributed by atoms with Gasteiger partial charge in [-0.2, -0.15) is 0 Å². The fraction of sp³-hybridized carbons (Fsp3) is 0.500. The van der Waals surface area contributed by atoms with E-state index in [2.05, 4.69) is 55.5 Å². The maximum atomic E-state index is 5.93. The van der Waals surface area contributed by atoms with Crippen molar-refractivity contribution >= 4 is 0 Å². The number of aryl methyl sites for hydroxylation is 2. The van der Waals surface area contributed by atoms with Crippen LogP contribution in [0.4, 0.5) is 0 Å². The smallest absolute Gasteiger partial charge is 0.0919 e. The zero-order valence-corrected chi connectivity index (χ0v) is 15.3. The van der Waals surface area contributed by atoms with E-state index in [0.717, 1.165) is 12.5 Å². The molecule has 2 aromatic carbocycles. The molecule has 0 amide bonds. The Bertz CT molecular complexity index is 774. The SMILES string of the molecule is Cc1ccc2c(c1)CCC[C@H]1C[C@]3(CC[C@@]21Cc1ccccc1)CO3. The number of ether oxygens (including phenoxy) is 1. The topological polar surface area (TPSA) is 12.5 Å². The Morgan fingerprint density at radius 2 is 1.92 bits per heavy atom. The zero-order chi connectivity index (χ0) is 16.9. The van der Waals surface area contributed by atoms with Crippen molar-refractivity contribution in [3.63, 3.8) is 0 Å². The monoisotopic (exact) mass is 332 g/mol. The number of benzene rings is 2. The van der Waals surface area contributed by atoms with Crippen LogP contribution in [0.5, 0.6) is 0 Å². The zero-order valence-electron chi connectivity index (χ0n) is 15.3. The molecule has 0 radical (unpaired) electrons. The largest absolute Gasteiger partial charge is 0.370 e. The molecule has 1 saturated carbocycles.